The average Bonchev–Trinajstić information content (AvgIpc) is 2.23. The van der Waals surface area contributed by atoms with Crippen LogP contribution in [0.3, 0.4) is 0 Å². The average molecular weight is 186 g/mol. The molecule has 74 valence electrons. The van der Waals surface area contributed by atoms with Gasteiger partial charge in [0, 0.05) is 0 Å². The standard InChI is InChI=1S/C14H18/c1-7-11(5)13(9-3)14(10-4)12(6)8-2/h7-10H,1,3-5H2,2,6H3/b12-8+,14-13-. The summed E-state index contributed by atoms with van der Waals surface area (Å²) in [5.74, 6) is 0. The highest BCUT2D eigenvalue weighted by atomic mass is 14.1. The molecular formula is C14H18. The van der Waals surface area contributed by atoms with Crippen molar-refractivity contribution < 1.29 is 0 Å². The van der Waals surface area contributed by atoms with E-state index in [1.165, 1.54) is 0 Å². The first-order valence-electron chi connectivity index (χ1n) is 4.56. The van der Waals surface area contributed by atoms with Gasteiger partial charge < -0.3 is 0 Å². The van der Waals surface area contributed by atoms with Crippen molar-refractivity contribution in [2.24, 2.45) is 0 Å². The van der Waals surface area contributed by atoms with Crippen LogP contribution in [0.4, 0.5) is 0 Å². The second kappa shape index (κ2) is 5.98. The zero-order valence-corrected chi connectivity index (χ0v) is 9.14. The third-order valence-electron chi connectivity index (χ3n) is 2.15. The van der Waals surface area contributed by atoms with Crippen molar-refractivity contribution in [3.05, 3.63) is 72.9 Å². The predicted octanol–water partition coefficient (Wildman–Crippen LogP) is 4.36. The third kappa shape index (κ3) is 2.74. The number of allylic oxidation sites excluding steroid dienone is 8. The number of hydrogen-bond acceptors (Lipinski definition) is 0. The molecule has 0 unspecified atom stereocenters. The lowest BCUT2D eigenvalue weighted by molar-refractivity contribution is 1.35. The predicted molar refractivity (Wildman–Crippen MR) is 66.2 cm³/mol. The van der Waals surface area contributed by atoms with Crippen LogP contribution in [0.5, 0.6) is 0 Å². The van der Waals surface area contributed by atoms with Crippen LogP contribution in [0.25, 0.3) is 0 Å². The molecule has 0 aromatic heterocycles. The minimum absolute atomic E-state index is 0.871. The molecule has 14 heavy (non-hydrogen) atoms. The molecule has 0 aliphatic carbocycles. The van der Waals surface area contributed by atoms with E-state index in [1.807, 2.05) is 26.0 Å². The molecule has 0 rings (SSSR count). The van der Waals surface area contributed by atoms with Crippen LogP contribution in [0.1, 0.15) is 13.8 Å². The molecular weight excluding hydrogens is 168 g/mol. The molecule has 0 bridgehead atoms. The van der Waals surface area contributed by atoms with Gasteiger partial charge in [-0.1, -0.05) is 50.6 Å². The van der Waals surface area contributed by atoms with Gasteiger partial charge in [-0.25, -0.2) is 0 Å². The molecule has 0 aliphatic rings. The minimum Gasteiger partial charge on any atom is -0.0985 e. The van der Waals surface area contributed by atoms with Gasteiger partial charge in [0.15, 0.2) is 0 Å². The summed E-state index contributed by atoms with van der Waals surface area (Å²) in [4.78, 5) is 0. The van der Waals surface area contributed by atoms with Gasteiger partial charge in [-0.3, -0.25) is 0 Å². The molecule has 0 radical (unpaired) electrons. The lowest BCUT2D eigenvalue weighted by Crippen LogP contribution is -1.90. The highest BCUT2D eigenvalue weighted by molar-refractivity contribution is 5.55. The van der Waals surface area contributed by atoms with Gasteiger partial charge in [-0.15, -0.1) is 0 Å². The van der Waals surface area contributed by atoms with Crippen molar-refractivity contribution in [2.45, 2.75) is 13.8 Å². The molecule has 0 heteroatoms. The minimum atomic E-state index is 0.871. The Morgan fingerprint density at radius 2 is 1.43 bits per heavy atom. The van der Waals surface area contributed by atoms with Crippen molar-refractivity contribution >= 4 is 0 Å². The Morgan fingerprint density at radius 3 is 1.71 bits per heavy atom. The summed E-state index contributed by atoms with van der Waals surface area (Å²) in [6.07, 6.45) is 7.37. The Morgan fingerprint density at radius 1 is 0.929 bits per heavy atom. The van der Waals surface area contributed by atoms with Crippen LogP contribution >= 0.6 is 0 Å². The molecule has 0 saturated heterocycles. The van der Waals surface area contributed by atoms with E-state index in [9.17, 15) is 0 Å². The first kappa shape index (κ1) is 12.4. The molecule has 0 aliphatic heterocycles. The Kier molecular flexibility index (Phi) is 5.31. The summed E-state index contributed by atoms with van der Waals surface area (Å²) in [5, 5.41) is 0. The Hall–Kier alpha value is -1.56. The van der Waals surface area contributed by atoms with E-state index >= 15 is 0 Å². The molecule has 0 atom stereocenters. The summed E-state index contributed by atoms with van der Waals surface area (Å²) in [5.41, 5.74) is 4.09. The molecule has 0 N–H and O–H groups in total. The smallest absolute Gasteiger partial charge is 0.0121 e. The zero-order valence-electron chi connectivity index (χ0n) is 9.14. The van der Waals surface area contributed by atoms with Crippen LogP contribution in [0.15, 0.2) is 72.9 Å². The second-order valence-electron chi connectivity index (χ2n) is 2.94. The normalized spacial score (nSPS) is 12.9. The van der Waals surface area contributed by atoms with Gasteiger partial charge in [0.05, 0.1) is 0 Å². The van der Waals surface area contributed by atoms with Gasteiger partial charge in [0.1, 0.15) is 0 Å². The highest BCUT2D eigenvalue weighted by Crippen LogP contribution is 2.22. The van der Waals surface area contributed by atoms with Crippen LogP contribution < -0.4 is 0 Å². The topological polar surface area (TPSA) is 0 Å². The quantitative estimate of drug-likeness (QED) is 0.559. The van der Waals surface area contributed by atoms with Crippen molar-refractivity contribution in [3.8, 4) is 0 Å². The van der Waals surface area contributed by atoms with Gasteiger partial charge >= 0.3 is 0 Å². The fraction of sp³-hybridized carbons (Fsp3) is 0.143. The Labute approximate surface area is 87.3 Å². The largest absolute Gasteiger partial charge is 0.0985 e. The molecule has 0 amide bonds. The van der Waals surface area contributed by atoms with E-state index < -0.39 is 0 Å². The van der Waals surface area contributed by atoms with Crippen molar-refractivity contribution in [3.63, 3.8) is 0 Å². The van der Waals surface area contributed by atoms with Gasteiger partial charge in [0.25, 0.3) is 0 Å². The van der Waals surface area contributed by atoms with E-state index in [4.69, 9.17) is 0 Å². The molecule has 0 spiro atoms. The molecule has 0 heterocycles. The van der Waals surface area contributed by atoms with Crippen LogP contribution in [-0.4, -0.2) is 0 Å². The van der Waals surface area contributed by atoms with Crippen LogP contribution in [-0.2, 0) is 0 Å². The summed E-state index contributed by atoms with van der Waals surface area (Å²) in [6.45, 7) is 19.2. The Balaban J connectivity index is 5.56. The maximum atomic E-state index is 3.91. The molecule has 0 aromatic carbocycles. The van der Waals surface area contributed by atoms with E-state index in [1.54, 1.807) is 12.2 Å². The second-order valence-corrected chi connectivity index (χ2v) is 2.94. The van der Waals surface area contributed by atoms with Crippen LogP contribution in [0.2, 0.25) is 0 Å². The summed E-state index contributed by atoms with van der Waals surface area (Å²) in [7, 11) is 0. The maximum Gasteiger partial charge on any atom is -0.0121 e. The number of rotatable bonds is 5. The zero-order chi connectivity index (χ0) is 11.1. The van der Waals surface area contributed by atoms with Gasteiger partial charge in [0.2, 0.25) is 0 Å². The van der Waals surface area contributed by atoms with E-state index in [0.29, 0.717) is 0 Å². The van der Waals surface area contributed by atoms with Crippen molar-refractivity contribution in [2.75, 3.05) is 0 Å². The molecule has 0 fully saturated rings. The SMILES string of the molecule is C=CC(=C)/C(C=C)=C(C=C)\C(C)=C\C. The fourth-order valence-corrected chi connectivity index (χ4v) is 1.16. The van der Waals surface area contributed by atoms with E-state index in [-0.39, 0.29) is 0 Å². The molecule has 0 saturated carbocycles. The Bertz CT molecular complexity index is 306. The van der Waals surface area contributed by atoms with E-state index in [2.05, 4.69) is 26.3 Å². The van der Waals surface area contributed by atoms with E-state index in [0.717, 1.165) is 22.3 Å². The van der Waals surface area contributed by atoms with Gasteiger partial charge in [-0.05, 0) is 36.1 Å². The first-order valence-corrected chi connectivity index (χ1v) is 4.56. The lowest BCUT2D eigenvalue weighted by atomic mass is 9.96. The summed E-state index contributed by atoms with van der Waals surface area (Å²) in [6, 6.07) is 0. The lowest BCUT2D eigenvalue weighted by Gasteiger charge is -2.09. The summed E-state index contributed by atoms with van der Waals surface area (Å²) >= 11 is 0. The monoisotopic (exact) mass is 186 g/mol. The highest BCUT2D eigenvalue weighted by Gasteiger charge is 2.03. The molecule has 0 nitrogen and oxygen atoms in total. The molecule has 0 aromatic rings. The van der Waals surface area contributed by atoms with Gasteiger partial charge in [-0.2, -0.15) is 0 Å². The third-order valence-corrected chi connectivity index (χ3v) is 2.15. The summed E-state index contributed by atoms with van der Waals surface area (Å²) < 4.78 is 0. The first-order chi connectivity index (χ1) is 6.62. The van der Waals surface area contributed by atoms with Crippen LogP contribution in [0, 0.1) is 0 Å². The van der Waals surface area contributed by atoms with Crippen molar-refractivity contribution in [1.29, 1.82) is 0 Å². The number of hydrogen-bond donors (Lipinski definition) is 0. The fourth-order valence-electron chi connectivity index (χ4n) is 1.16. The maximum absolute atomic E-state index is 3.91. The van der Waals surface area contributed by atoms with Crippen molar-refractivity contribution in [1.82, 2.24) is 0 Å².